The number of hydrogen-bond acceptors (Lipinski definition) is 3. The van der Waals surface area contributed by atoms with Gasteiger partial charge in [0.2, 0.25) is 0 Å². The number of methoxy groups -OCH3 is 1. The predicted octanol–water partition coefficient (Wildman–Crippen LogP) is 7.60. The summed E-state index contributed by atoms with van der Waals surface area (Å²) in [4.78, 5) is 17.5. The minimum Gasteiger partial charge on any atom is -0.497 e. The van der Waals surface area contributed by atoms with Crippen LogP contribution in [0.4, 0.5) is 0 Å². The molecular weight excluding hydrogens is 527 g/mol. The van der Waals surface area contributed by atoms with Gasteiger partial charge < -0.3 is 14.5 Å². The number of carbonyl (C=O) groups excluding carboxylic acids is 1. The highest BCUT2D eigenvalue weighted by atomic mass is 35.5. The monoisotopic (exact) mass is 558 g/mol. The number of halogens is 3. The molecule has 2 unspecified atom stereocenters. The summed E-state index contributed by atoms with van der Waals surface area (Å²) in [6.45, 7) is 3.09. The van der Waals surface area contributed by atoms with Crippen molar-refractivity contribution in [3.63, 3.8) is 0 Å². The van der Waals surface area contributed by atoms with E-state index in [0.717, 1.165) is 61.3 Å². The van der Waals surface area contributed by atoms with Gasteiger partial charge in [-0.25, -0.2) is 0 Å². The van der Waals surface area contributed by atoms with Gasteiger partial charge in [-0.3, -0.25) is 4.79 Å². The van der Waals surface area contributed by atoms with Crippen molar-refractivity contribution in [1.29, 1.82) is 0 Å². The SMILES string of the molecule is COc1cccc(C2CCN(CCC(c3ccc(Cl)c(Cl)c3)C3c4ccccc4C(=O)N3C)CC2)c1.Cl. The molecule has 2 heterocycles. The molecule has 0 saturated carbocycles. The van der Waals surface area contributed by atoms with E-state index >= 15 is 0 Å². The third-order valence-electron chi connectivity index (χ3n) is 7.91. The average Bonchev–Trinajstić information content (AvgIpc) is 3.16. The zero-order valence-electron chi connectivity index (χ0n) is 21.2. The minimum absolute atomic E-state index is 0. The smallest absolute Gasteiger partial charge is 0.254 e. The van der Waals surface area contributed by atoms with Gasteiger partial charge in [0.1, 0.15) is 5.75 Å². The van der Waals surface area contributed by atoms with Crippen LogP contribution in [0, 0.1) is 0 Å². The summed E-state index contributed by atoms with van der Waals surface area (Å²) in [5, 5.41) is 1.11. The fourth-order valence-corrected chi connectivity index (χ4v) is 6.22. The topological polar surface area (TPSA) is 32.8 Å². The maximum atomic E-state index is 13.0. The van der Waals surface area contributed by atoms with Gasteiger partial charge in [0.25, 0.3) is 5.91 Å². The van der Waals surface area contributed by atoms with Gasteiger partial charge in [0.15, 0.2) is 0 Å². The van der Waals surface area contributed by atoms with Crippen molar-refractivity contribution in [1.82, 2.24) is 9.80 Å². The van der Waals surface area contributed by atoms with Gasteiger partial charge in [-0.2, -0.15) is 0 Å². The van der Waals surface area contributed by atoms with E-state index in [0.29, 0.717) is 16.0 Å². The summed E-state index contributed by atoms with van der Waals surface area (Å²) in [7, 11) is 3.64. The van der Waals surface area contributed by atoms with Crippen LogP contribution in [-0.4, -0.2) is 49.5 Å². The summed E-state index contributed by atoms with van der Waals surface area (Å²) in [6, 6.07) is 22.3. The van der Waals surface area contributed by atoms with Crippen molar-refractivity contribution in [2.45, 2.75) is 37.1 Å². The van der Waals surface area contributed by atoms with Gasteiger partial charge in [-0.1, -0.05) is 59.6 Å². The van der Waals surface area contributed by atoms with Gasteiger partial charge >= 0.3 is 0 Å². The Morgan fingerprint density at radius 1 is 0.973 bits per heavy atom. The molecule has 2 aliphatic rings. The quantitative estimate of drug-likeness (QED) is 0.299. The van der Waals surface area contributed by atoms with Crippen LogP contribution in [0.3, 0.4) is 0 Å². The number of likely N-dealkylation sites (tertiary alicyclic amines) is 1. The lowest BCUT2D eigenvalue weighted by atomic mass is 9.84. The second-order valence-corrected chi connectivity index (χ2v) is 10.7. The van der Waals surface area contributed by atoms with E-state index < -0.39 is 0 Å². The third-order valence-corrected chi connectivity index (χ3v) is 8.65. The second-order valence-electron chi connectivity index (χ2n) is 9.91. The van der Waals surface area contributed by atoms with Crippen molar-refractivity contribution in [2.24, 2.45) is 0 Å². The number of nitrogens with zero attached hydrogens (tertiary/aromatic N) is 2. The lowest BCUT2D eigenvalue weighted by Gasteiger charge is -2.35. The van der Waals surface area contributed by atoms with E-state index in [9.17, 15) is 4.79 Å². The Balaban J connectivity index is 0.00000320. The summed E-state index contributed by atoms with van der Waals surface area (Å²) < 4.78 is 5.42. The largest absolute Gasteiger partial charge is 0.497 e. The molecule has 3 aromatic carbocycles. The van der Waals surface area contributed by atoms with Crippen molar-refractivity contribution in [3.05, 3.63) is 99.0 Å². The molecule has 0 aliphatic carbocycles. The van der Waals surface area contributed by atoms with E-state index in [4.69, 9.17) is 27.9 Å². The Morgan fingerprint density at radius 2 is 1.73 bits per heavy atom. The van der Waals surface area contributed by atoms with E-state index in [2.05, 4.69) is 35.2 Å². The molecule has 0 radical (unpaired) electrons. The van der Waals surface area contributed by atoms with Crippen molar-refractivity contribution < 1.29 is 9.53 Å². The highest BCUT2D eigenvalue weighted by Crippen LogP contribution is 2.45. The standard InChI is InChI=1S/C30H32Cl2N2O2.ClH/c1-33-29(25-8-3-4-9-26(25)30(33)35)24(22-10-11-27(31)28(32)19-22)14-17-34-15-12-20(13-16-34)21-6-5-7-23(18-21)36-2;/h3-11,18-20,24,29H,12-17H2,1-2H3;1H. The van der Waals surface area contributed by atoms with E-state index in [-0.39, 0.29) is 30.3 Å². The van der Waals surface area contributed by atoms with E-state index in [1.807, 2.05) is 48.3 Å². The van der Waals surface area contributed by atoms with Gasteiger partial charge in [-0.15, -0.1) is 12.4 Å². The first-order valence-corrected chi connectivity index (χ1v) is 13.4. The number of rotatable bonds is 7. The fraction of sp³-hybridized carbons (Fsp3) is 0.367. The number of fused-ring (bicyclic) bond motifs is 1. The van der Waals surface area contributed by atoms with Crippen molar-refractivity contribution in [3.8, 4) is 5.75 Å². The molecule has 0 N–H and O–H groups in total. The van der Waals surface area contributed by atoms with Crippen LogP contribution in [0.5, 0.6) is 5.75 Å². The number of benzene rings is 3. The Bertz CT molecular complexity index is 1240. The molecule has 2 atom stereocenters. The lowest BCUT2D eigenvalue weighted by Crippen LogP contribution is -2.35. The van der Waals surface area contributed by atoms with E-state index in [1.165, 1.54) is 5.56 Å². The minimum atomic E-state index is -0.0275. The molecule has 7 heteroatoms. The number of piperidine rings is 1. The predicted molar refractivity (Wildman–Crippen MR) is 154 cm³/mol. The maximum absolute atomic E-state index is 13.0. The zero-order valence-corrected chi connectivity index (χ0v) is 23.5. The number of amides is 1. The first-order chi connectivity index (χ1) is 17.5. The average molecular weight is 560 g/mol. The van der Waals surface area contributed by atoms with Crippen LogP contribution in [0.15, 0.2) is 66.7 Å². The third kappa shape index (κ3) is 5.78. The maximum Gasteiger partial charge on any atom is 0.254 e. The van der Waals surface area contributed by atoms with Gasteiger partial charge in [0.05, 0.1) is 23.2 Å². The van der Waals surface area contributed by atoms with Gasteiger partial charge in [-0.05, 0) is 91.8 Å². The Morgan fingerprint density at radius 3 is 2.46 bits per heavy atom. The van der Waals surface area contributed by atoms with Crippen LogP contribution in [0.2, 0.25) is 10.0 Å². The molecule has 2 aliphatic heterocycles. The molecule has 5 rings (SSSR count). The summed E-state index contributed by atoms with van der Waals surface area (Å²) >= 11 is 12.7. The molecule has 1 fully saturated rings. The van der Waals surface area contributed by atoms with E-state index in [1.54, 1.807) is 7.11 Å². The molecule has 3 aromatic rings. The zero-order chi connectivity index (χ0) is 25.2. The van der Waals surface area contributed by atoms with Gasteiger partial charge in [0, 0.05) is 18.5 Å². The Labute approximate surface area is 235 Å². The molecule has 1 amide bonds. The number of carbonyl (C=O) groups is 1. The lowest BCUT2D eigenvalue weighted by molar-refractivity contribution is 0.0746. The number of hydrogen-bond donors (Lipinski definition) is 0. The first-order valence-electron chi connectivity index (χ1n) is 12.6. The normalized spacial score (nSPS) is 18.9. The fourth-order valence-electron chi connectivity index (χ4n) is 5.92. The molecule has 0 bridgehead atoms. The number of ether oxygens (including phenoxy) is 1. The van der Waals surface area contributed by atoms with Crippen LogP contribution >= 0.6 is 35.6 Å². The second kappa shape index (κ2) is 12.1. The van der Waals surface area contributed by atoms with Crippen LogP contribution in [-0.2, 0) is 0 Å². The summed E-state index contributed by atoms with van der Waals surface area (Å²) in [5.74, 6) is 1.69. The molecule has 0 spiro atoms. The first kappa shape index (κ1) is 27.8. The molecule has 4 nitrogen and oxygen atoms in total. The molecular formula is C30H33Cl3N2O2. The van der Waals surface area contributed by atoms with Crippen LogP contribution < -0.4 is 4.74 Å². The molecule has 1 saturated heterocycles. The molecule has 196 valence electrons. The van der Waals surface area contributed by atoms with Crippen LogP contribution in [0.1, 0.15) is 64.2 Å². The highest BCUT2D eigenvalue weighted by molar-refractivity contribution is 6.42. The Kier molecular flexibility index (Phi) is 9.07. The van der Waals surface area contributed by atoms with Crippen LogP contribution in [0.25, 0.3) is 0 Å². The number of likely N-dealkylation sites (N-methyl/N-ethyl adjacent to an activating group) is 1. The molecule has 0 aromatic heterocycles. The van der Waals surface area contributed by atoms with Crippen molar-refractivity contribution in [2.75, 3.05) is 33.8 Å². The highest BCUT2D eigenvalue weighted by Gasteiger charge is 2.39. The Hall–Kier alpha value is -2.24. The van der Waals surface area contributed by atoms with Crippen molar-refractivity contribution >= 4 is 41.5 Å². The molecule has 37 heavy (non-hydrogen) atoms. The summed E-state index contributed by atoms with van der Waals surface area (Å²) in [6.07, 6.45) is 3.20. The summed E-state index contributed by atoms with van der Waals surface area (Å²) in [5.41, 5.74) is 4.38.